The highest BCUT2D eigenvalue weighted by atomic mass is 79.9. The monoisotopic (exact) mass is 539 g/mol. The largest absolute Gasteiger partial charge is 0.495 e. The third-order valence-corrected chi connectivity index (χ3v) is 7.08. The van der Waals surface area contributed by atoms with Crippen LogP contribution in [0, 0.1) is 6.92 Å². The lowest BCUT2D eigenvalue weighted by Gasteiger charge is -2.25. The van der Waals surface area contributed by atoms with E-state index >= 15 is 0 Å². The standard InChI is InChI=1S/C21H19BrClN3O5S/c1-14-18(22)11-16(31-14)12-24-25-21(27)13-26(19-10-15(23)8-9-20(19)30-2)32(28,29)17-6-4-3-5-7-17/h3-12H,13H2,1-2H3,(H,25,27). The molecule has 0 aliphatic heterocycles. The van der Waals surface area contributed by atoms with Gasteiger partial charge in [-0.2, -0.15) is 5.10 Å². The molecule has 11 heteroatoms. The van der Waals surface area contributed by atoms with E-state index in [0.717, 1.165) is 8.78 Å². The summed E-state index contributed by atoms with van der Waals surface area (Å²) < 4.78 is 39.1. The minimum absolute atomic E-state index is 0.00856. The van der Waals surface area contributed by atoms with Crippen molar-refractivity contribution in [2.45, 2.75) is 11.8 Å². The lowest BCUT2D eigenvalue weighted by molar-refractivity contribution is -0.119. The van der Waals surface area contributed by atoms with Crippen molar-refractivity contribution in [3.05, 3.63) is 75.6 Å². The van der Waals surface area contributed by atoms with E-state index in [-0.39, 0.29) is 21.4 Å². The van der Waals surface area contributed by atoms with Gasteiger partial charge in [0, 0.05) is 11.1 Å². The van der Waals surface area contributed by atoms with Crippen LogP contribution in [-0.2, 0) is 14.8 Å². The van der Waals surface area contributed by atoms with Crippen LogP contribution in [0.1, 0.15) is 11.5 Å². The highest BCUT2D eigenvalue weighted by Crippen LogP contribution is 2.34. The van der Waals surface area contributed by atoms with Crippen LogP contribution in [0.3, 0.4) is 0 Å². The highest BCUT2D eigenvalue weighted by molar-refractivity contribution is 9.10. The summed E-state index contributed by atoms with van der Waals surface area (Å²) in [6, 6.07) is 13.9. The Morgan fingerprint density at radius 1 is 1.25 bits per heavy atom. The quantitative estimate of drug-likeness (QED) is 0.338. The number of anilines is 1. The molecule has 0 atom stereocenters. The van der Waals surface area contributed by atoms with Crippen LogP contribution in [0.5, 0.6) is 5.75 Å². The molecule has 2 aromatic carbocycles. The summed E-state index contributed by atoms with van der Waals surface area (Å²) in [5, 5.41) is 4.12. The first-order valence-electron chi connectivity index (χ1n) is 9.21. The second-order valence-corrected chi connectivity index (χ2v) is 9.64. The molecular weight excluding hydrogens is 522 g/mol. The maximum Gasteiger partial charge on any atom is 0.264 e. The minimum atomic E-state index is -4.12. The van der Waals surface area contributed by atoms with Gasteiger partial charge in [-0.3, -0.25) is 9.10 Å². The van der Waals surface area contributed by atoms with Gasteiger partial charge in [0.25, 0.3) is 15.9 Å². The Balaban J connectivity index is 1.91. The Hall–Kier alpha value is -2.82. The average molecular weight is 541 g/mol. The molecular formula is C21H19BrClN3O5S. The van der Waals surface area contributed by atoms with Crippen molar-refractivity contribution in [3.8, 4) is 5.75 Å². The Bertz CT molecular complexity index is 1230. The van der Waals surface area contributed by atoms with Gasteiger partial charge >= 0.3 is 0 Å². The number of carbonyl (C=O) groups excluding carboxylic acids is 1. The zero-order valence-corrected chi connectivity index (χ0v) is 20.2. The molecule has 8 nitrogen and oxygen atoms in total. The Labute approximate surface area is 199 Å². The van der Waals surface area contributed by atoms with Crippen LogP contribution in [0.2, 0.25) is 5.02 Å². The second kappa shape index (κ2) is 10.2. The van der Waals surface area contributed by atoms with E-state index in [1.807, 2.05) is 0 Å². The van der Waals surface area contributed by atoms with Crippen molar-refractivity contribution in [2.75, 3.05) is 18.0 Å². The van der Waals surface area contributed by atoms with Crippen molar-refractivity contribution in [2.24, 2.45) is 5.10 Å². The Kier molecular flexibility index (Phi) is 7.60. The lowest BCUT2D eigenvalue weighted by atomic mass is 10.3. The molecule has 0 radical (unpaired) electrons. The van der Waals surface area contributed by atoms with Crippen LogP contribution in [-0.4, -0.2) is 34.2 Å². The van der Waals surface area contributed by atoms with Crippen LogP contribution in [0.15, 0.2) is 73.5 Å². The van der Waals surface area contributed by atoms with Gasteiger partial charge in [0.05, 0.1) is 28.4 Å². The summed E-state index contributed by atoms with van der Waals surface area (Å²) in [5.41, 5.74) is 2.43. The summed E-state index contributed by atoms with van der Waals surface area (Å²) in [5.74, 6) is 0.636. The van der Waals surface area contributed by atoms with Gasteiger partial charge in [-0.05, 0) is 53.2 Å². The number of rotatable bonds is 8. The number of hydrazone groups is 1. The number of methoxy groups -OCH3 is 1. The maximum absolute atomic E-state index is 13.4. The number of benzene rings is 2. The van der Waals surface area contributed by atoms with E-state index in [1.54, 1.807) is 37.3 Å². The van der Waals surface area contributed by atoms with Gasteiger partial charge in [0.1, 0.15) is 23.8 Å². The molecule has 1 aromatic heterocycles. The SMILES string of the molecule is COc1ccc(Cl)cc1N(CC(=O)NN=Cc1cc(Br)c(C)o1)S(=O)(=O)c1ccccc1. The summed E-state index contributed by atoms with van der Waals surface area (Å²) in [4.78, 5) is 12.6. The minimum Gasteiger partial charge on any atom is -0.495 e. The first-order chi connectivity index (χ1) is 15.2. The lowest BCUT2D eigenvalue weighted by Crippen LogP contribution is -2.39. The zero-order valence-electron chi connectivity index (χ0n) is 17.1. The molecule has 0 aliphatic carbocycles. The predicted octanol–water partition coefficient (Wildman–Crippen LogP) is 4.36. The van der Waals surface area contributed by atoms with E-state index in [9.17, 15) is 13.2 Å². The number of nitrogens with one attached hydrogen (secondary N) is 1. The van der Waals surface area contributed by atoms with Gasteiger partial charge in [-0.25, -0.2) is 13.8 Å². The predicted molar refractivity (Wildman–Crippen MR) is 126 cm³/mol. The molecule has 3 rings (SSSR count). The van der Waals surface area contributed by atoms with E-state index in [1.165, 1.54) is 37.6 Å². The number of aryl methyl sites for hydroxylation is 1. The van der Waals surface area contributed by atoms with Crippen molar-refractivity contribution in [1.82, 2.24) is 5.43 Å². The number of hydrogen-bond acceptors (Lipinski definition) is 6. The van der Waals surface area contributed by atoms with E-state index in [4.69, 9.17) is 20.8 Å². The van der Waals surface area contributed by atoms with Crippen LogP contribution in [0.25, 0.3) is 0 Å². The fraction of sp³-hybridized carbons (Fsp3) is 0.143. The fourth-order valence-electron chi connectivity index (χ4n) is 2.76. The molecule has 3 aromatic rings. The molecule has 0 saturated carbocycles. The van der Waals surface area contributed by atoms with Crippen LogP contribution >= 0.6 is 27.5 Å². The Morgan fingerprint density at radius 2 is 1.97 bits per heavy atom. The van der Waals surface area contributed by atoms with E-state index < -0.39 is 22.5 Å². The average Bonchev–Trinajstić information content (AvgIpc) is 3.09. The highest BCUT2D eigenvalue weighted by Gasteiger charge is 2.29. The van der Waals surface area contributed by atoms with Gasteiger partial charge in [-0.1, -0.05) is 29.8 Å². The number of amides is 1. The van der Waals surface area contributed by atoms with Crippen molar-refractivity contribution >= 4 is 55.4 Å². The normalized spacial score (nSPS) is 11.5. The van der Waals surface area contributed by atoms with E-state index in [2.05, 4.69) is 26.5 Å². The van der Waals surface area contributed by atoms with Crippen molar-refractivity contribution in [1.29, 1.82) is 0 Å². The van der Waals surface area contributed by atoms with Gasteiger partial charge < -0.3 is 9.15 Å². The third kappa shape index (κ3) is 5.50. The van der Waals surface area contributed by atoms with Crippen molar-refractivity contribution < 1.29 is 22.4 Å². The van der Waals surface area contributed by atoms with Crippen LogP contribution < -0.4 is 14.5 Å². The molecule has 0 unspecified atom stereocenters. The molecule has 0 bridgehead atoms. The van der Waals surface area contributed by atoms with Gasteiger partial charge in [-0.15, -0.1) is 0 Å². The second-order valence-electron chi connectivity index (χ2n) is 6.49. The molecule has 1 amide bonds. The smallest absolute Gasteiger partial charge is 0.264 e. The summed E-state index contributed by atoms with van der Waals surface area (Å²) >= 11 is 9.42. The van der Waals surface area contributed by atoms with Gasteiger partial charge in [0.2, 0.25) is 0 Å². The molecule has 0 spiro atoms. The maximum atomic E-state index is 13.4. The number of nitrogens with zero attached hydrogens (tertiary/aromatic N) is 2. The molecule has 0 aliphatic rings. The Morgan fingerprint density at radius 3 is 2.59 bits per heavy atom. The molecule has 0 fully saturated rings. The zero-order chi connectivity index (χ0) is 23.3. The summed E-state index contributed by atoms with van der Waals surface area (Å²) in [7, 11) is -2.72. The number of halogens is 2. The van der Waals surface area contributed by atoms with E-state index in [0.29, 0.717) is 11.5 Å². The summed E-state index contributed by atoms with van der Waals surface area (Å²) in [6.45, 7) is 1.21. The molecule has 32 heavy (non-hydrogen) atoms. The molecule has 0 saturated heterocycles. The van der Waals surface area contributed by atoms with Crippen molar-refractivity contribution in [3.63, 3.8) is 0 Å². The number of carbonyl (C=O) groups is 1. The number of sulfonamides is 1. The summed E-state index contributed by atoms with van der Waals surface area (Å²) in [6.07, 6.45) is 1.31. The first-order valence-corrected chi connectivity index (χ1v) is 11.8. The van der Waals surface area contributed by atoms with Crippen LogP contribution in [0.4, 0.5) is 5.69 Å². The first kappa shape index (κ1) is 23.8. The number of ether oxygens (including phenoxy) is 1. The molecule has 1 N–H and O–H groups in total. The third-order valence-electron chi connectivity index (χ3n) is 4.29. The number of hydrogen-bond donors (Lipinski definition) is 1. The topological polar surface area (TPSA) is 101 Å². The fourth-order valence-corrected chi connectivity index (χ4v) is 4.67. The van der Waals surface area contributed by atoms with Gasteiger partial charge in [0.15, 0.2) is 0 Å². The molecule has 168 valence electrons. The molecule has 1 heterocycles. The number of furan rings is 1.